The van der Waals surface area contributed by atoms with E-state index in [1.165, 1.54) is 37.4 Å². The van der Waals surface area contributed by atoms with E-state index in [2.05, 4.69) is 5.32 Å². The number of ether oxygens (including phenoxy) is 2. The summed E-state index contributed by atoms with van der Waals surface area (Å²) in [6.07, 6.45) is 8.14. The Balaban J connectivity index is 1.73. The van der Waals surface area contributed by atoms with E-state index in [1.54, 1.807) is 12.1 Å². The van der Waals surface area contributed by atoms with Gasteiger partial charge >= 0.3 is 0 Å². The van der Waals surface area contributed by atoms with Gasteiger partial charge in [-0.2, -0.15) is 4.31 Å². The monoisotopic (exact) mass is 424 g/mol. The van der Waals surface area contributed by atoms with Crippen LogP contribution in [0.25, 0.3) is 0 Å². The maximum absolute atomic E-state index is 13.3. The van der Waals surface area contributed by atoms with Crippen LogP contribution in [0.15, 0.2) is 23.1 Å². The van der Waals surface area contributed by atoms with Crippen LogP contribution in [0.3, 0.4) is 0 Å². The first-order chi connectivity index (χ1) is 14.0. The smallest absolute Gasteiger partial charge is 0.246 e. The third-order valence-corrected chi connectivity index (χ3v) is 7.83. The Morgan fingerprint density at radius 3 is 2.41 bits per heavy atom. The number of carbonyl (C=O) groups excluding carboxylic acids is 1. The molecule has 1 heterocycles. The van der Waals surface area contributed by atoms with Gasteiger partial charge in [0.25, 0.3) is 0 Å². The number of hydrogen-bond acceptors (Lipinski definition) is 5. The number of sulfonamides is 1. The molecule has 2 aliphatic rings. The lowest BCUT2D eigenvalue weighted by Gasteiger charge is -2.32. The van der Waals surface area contributed by atoms with Crippen LogP contribution in [-0.2, 0) is 14.8 Å². The topological polar surface area (TPSA) is 84.9 Å². The van der Waals surface area contributed by atoms with E-state index in [-0.39, 0.29) is 35.1 Å². The molecule has 1 aliphatic carbocycles. The lowest BCUT2D eigenvalue weighted by molar-refractivity contribution is -0.126. The van der Waals surface area contributed by atoms with E-state index in [0.29, 0.717) is 25.1 Å². The minimum Gasteiger partial charge on any atom is -0.497 e. The number of nitrogens with zero attached hydrogens (tertiary/aromatic N) is 1. The number of rotatable bonds is 6. The summed E-state index contributed by atoms with van der Waals surface area (Å²) in [4.78, 5) is 12.9. The fourth-order valence-corrected chi connectivity index (χ4v) is 5.94. The van der Waals surface area contributed by atoms with Crippen LogP contribution in [0, 0.1) is 5.92 Å². The third kappa shape index (κ3) is 5.22. The van der Waals surface area contributed by atoms with E-state index in [4.69, 9.17) is 9.47 Å². The second kappa shape index (κ2) is 9.80. The van der Waals surface area contributed by atoms with Gasteiger partial charge in [-0.1, -0.05) is 25.7 Å². The Labute approximate surface area is 173 Å². The van der Waals surface area contributed by atoms with E-state index >= 15 is 0 Å². The largest absolute Gasteiger partial charge is 0.497 e. The van der Waals surface area contributed by atoms with E-state index in [9.17, 15) is 13.2 Å². The van der Waals surface area contributed by atoms with Crippen molar-refractivity contribution in [1.29, 1.82) is 0 Å². The van der Waals surface area contributed by atoms with Gasteiger partial charge in [0.05, 0.1) is 20.1 Å². The Bertz CT molecular complexity index is 803. The number of piperidine rings is 1. The highest BCUT2D eigenvalue weighted by molar-refractivity contribution is 7.89. The molecule has 7 nitrogen and oxygen atoms in total. The zero-order chi connectivity index (χ0) is 20.9. The highest BCUT2D eigenvalue weighted by Crippen LogP contribution is 2.32. The molecular weight excluding hydrogens is 392 g/mol. The number of benzene rings is 1. The molecule has 1 aromatic carbocycles. The molecule has 8 heteroatoms. The second-order valence-corrected chi connectivity index (χ2v) is 9.82. The van der Waals surface area contributed by atoms with Gasteiger partial charge in [0.15, 0.2) is 0 Å². The van der Waals surface area contributed by atoms with Crippen LogP contribution in [0.2, 0.25) is 0 Å². The molecule has 1 N–H and O–H groups in total. The SMILES string of the molecule is COc1ccc(OC)c(S(=O)(=O)N2CCC[C@H](C(=O)NC3CCCCCC3)C2)c1. The predicted molar refractivity (Wildman–Crippen MR) is 111 cm³/mol. The van der Waals surface area contributed by atoms with E-state index in [0.717, 1.165) is 25.7 Å². The number of carbonyl (C=O) groups is 1. The quantitative estimate of drug-likeness (QED) is 0.710. The van der Waals surface area contributed by atoms with Crippen LogP contribution in [0.5, 0.6) is 11.5 Å². The first-order valence-corrected chi connectivity index (χ1v) is 11.9. The maximum atomic E-state index is 13.3. The summed E-state index contributed by atoms with van der Waals surface area (Å²) in [5.41, 5.74) is 0. The van der Waals surface area contributed by atoms with Crippen molar-refractivity contribution in [2.45, 2.75) is 62.3 Å². The molecule has 1 amide bonds. The minimum absolute atomic E-state index is 0.0191. The first kappa shape index (κ1) is 21.9. The average Bonchev–Trinajstić information content (AvgIpc) is 3.02. The maximum Gasteiger partial charge on any atom is 0.246 e. The summed E-state index contributed by atoms with van der Waals surface area (Å²) in [6.45, 7) is 0.594. The van der Waals surface area contributed by atoms with Gasteiger partial charge in [0.2, 0.25) is 15.9 Å². The molecule has 0 spiro atoms. The molecule has 1 aromatic rings. The lowest BCUT2D eigenvalue weighted by Crippen LogP contribution is -2.47. The van der Waals surface area contributed by atoms with Crippen molar-refractivity contribution < 1.29 is 22.7 Å². The number of amides is 1. The molecule has 0 radical (unpaired) electrons. The standard InChI is InChI=1S/C21H32N2O5S/c1-27-18-11-12-19(28-2)20(14-18)29(25,26)23-13-7-8-16(15-23)21(24)22-17-9-5-3-4-6-10-17/h11-12,14,16-17H,3-10,13,15H2,1-2H3,(H,22,24)/t16-/m0/s1. The van der Waals surface area contributed by atoms with Crippen LogP contribution in [0.1, 0.15) is 51.4 Å². The summed E-state index contributed by atoms with van der Waals surface area (Å²) < 4.78 is 38.5. The summed E-state index contributed by atoms with van der Waals surface area (Å²) in [7, 11) is -0.857. The Hall–Kier alpha value is -1.80. The van der Waals surface area contributed by atoms with Gasteiger partial charge in [-0.3, -0.25) is 4.79 Å². The Morgan fingerprint density at radius 2 is 1.76 bits per heavy atom. The molecule has 3 rings (SSSR count). The Morgan fingerprint density at radius 1 is 1.03 bits per heavy atom. The fraction of sp³-hybridized carbons (Fsp3) is 0.667. The highest BCUT2D eigenvalue weighted by Gasteiger charge is 2.35. The lowest BCUT2D eigenvalue weighted by atomic mass is 9.97. The van der Waals surface area contributed by atoms with Crippen LogP contribution in [-0.4, -0.2) is 52.0 Å². The van der Waals surface area contributed by atoms with E-state index in [1.807, 2.05) is 0 Å². The van der Waals surface area contributed by atoms with E-state index < -0.39 is 10.0 Å². The van der Waals surface area contributed by atoms with Crippen molar-refractivity contribution in [2.75, 3.05) is 27.3 Å². The van der Waals surface area contributed by atoms with Gasteiger partial charge < -0.3 is 14.8 Å². The average molecular weight is 425 g/mol. The predicted octanol–water partition coefficient (Wildman–Crippen LogP) is 2.94. The summed E-state index contributed by atoms with van der Waals surface area (Å²) in [5, 5.41) is 3.18. The van der Waals surface area contributed by atoms with Gasteiger partial charge in [0, 0.05) is 25.2 Å². The zero-order valence-electron chi connectivity index (χ0n) is 17.4. The third-order valence-electron chi connectivity index (χ3n) is 5.95. The second-order valence-electron chi connectivity index (χ2n) is 7.92. The van der Waals surface area contributed by atoms with Crippen LogP contribution >= 0.6 is 0 Å². The summed E-state index contributed by atoms with van der Waals surface area (Å²) in [6, 6.07) is 4.95. The molecule has 162 valence electrons. The highest BCUT2D eigenvalue weighted by atomic mass is 32.2. The molecule has 1 saturated carbocycles. The van der Waals surface area contributed by atoms with Gasteiger partial charge in [-0.05, 0) is 37.8 Å². The van der Waals surface area contributed by atoms with Crippen molar-refractivity contribution >= 4 is 15.9 Å². The van der Waals surface area contributed by atoms with Gasteiger partial charge in [-0.25, -0.2) is 8.42 Å². The van der Waals surface area contributed by atoms with Crippen molar-refractivity contribution in [1.82, 2.24) is 9.62 Å². The zero-order valence-corrected chi connectivity index (χ0v) is 18.2. The molecule has 0 bridgehead atoms. The molecule has 29 heavy (non-hydrogen) atoms. The summed E-state index contributed by atoms with van der Waals surface area (Å²) >= 11 is 0. The molecule has 0 aromatic heterocycles. The number of nitrogens with one attached hydrogen (secondary N) is 1. The molecule has 0 unspecified atom stereocenters. The first-order valence-electron chi connectivity index (χ1n) is 10.5. The van der Waals surface area contributed by atoms with Crippen molar-refractivity contribution in [3.05, 3.63) is 18.2 Å². The van der Waals surface area contributed by atoms with Crippen molar-refractivity contribution in [3.8, 4) is 11.5 Å². The Kier molecular flexibility index (Phi) is 7.40. The summed E-state index contributed by atoms with van der Waals surface area (Å²) in [5.74, 6) is 0.382. The number of hydrogen-bond donors (Lipinski definition) is 1. The van der Waals surface area contributed by atoms with Crippen LogP contribution < -0.4 is 14.8 Å². The van der Waals surface area contributed by atoms with Gasteiger partial charge in [0.1, 0.15) is 16.4 Å². The number of methoxy groups -OCH3 is 2. The molecule has 1 aliphatic heterocycles. The molecule has 1 atom stereocenters. The molecular formula is C21H32N2O5S. The molecule has 2 fully saturated rings. The molecule has 1 saturated heterocycles. The normalized spacial score (nSPS) is 21.9. The van der Waals surface area contributed by atoms with Gasteiger partial charge in [-0.15, -0.1) is 0 Å². The van der Waals surface area contributed by atoms with Crippen molar-refractivity contribution in [3.63, 3.8) is 0 Å². The fourth-order valence-electron chi connectivity index (χ4n) is 4.24. The van der Waals surface area contributed by atoms with Crippen LogP contribution in [0.4, 0.5) is 0 Å². The minimum atomic E-state index is -3.79. The van der Waals surface area contributed by atoms with Crippen molar-refractivity contribution in [2.24, 2.45) is 5.92 Å².